The third kappa shape index (κ3) is 7.07. The Kier molecular flexibility index (Phi) is 6.99. The monoisotopic (exact) mass is 246 g/mol. The molecular weight excluding hydrogens is 222 g/mol. The molecule has 0 fully saturated rings. The van der Waals surface area contributed by atoms with Gasteiger partial charge in [0.25, 0.3) is 0 Å². The highest BCUT2D eigenvalue weighted by atomic mass is 16.5. The molecule has 0 aromatic carbocycles. The quantitative estimate of drug-likeness (QED) is 0.355. The molecule has 1 unspecified atom stereocenters. The zero-order valence-electron chi connectivity index (χ0n) is 11.5. The summed E-state index contributed by atoms with van der Waals surface area (Å²) in [5.74, 6) is -1.27. The number of esters is 1. The fraction of sp³-hybridized carbons (Fsp3) is 0.833. The van der Waals surface area contributed by atoms with E-state index < -0.39 is 11.9 Å². The van der Waals surface area contributed by atoms with E-state index in [2.05, 4.69) is 0 Å². The van der Waals surface area contributed by atoms with E-state index in [1.165, 1.54) is 6.92 Å². The number of carbonyl (C=O) groups excluding carboxylic acids is 2. The molecule has 0 radical (unpaired) electrons. The molecular formula is C12H24NO4+. The largest absolute Gasteiger partial charge is 0.459 e. The minimum Gasteiger partial charge on any atom is -0.459 e. The fourth-order valence-corrected chi connectivity index (χ4v) is 1.13. The van der Waals surface area contributed by atoms with Gasteiger partial charge < -0.3 is 14.0 Å². The van der Waals surface area contributed by atoms with Crippen LogP contribution in [0.4, 0.5) is 0 Å². The summed E-state index contributed by atoms with van der Waals surface area (Å²) < 4.78 is 10.8. The van der Waals surface area contributed by atoms with Crippen molar-refractivity contribution in [3.05, 3.63) is 0 Å². The summed E-state index contributed by atoms with van der Waals surface area (Å²) in [5, 5.41) is 0. The number of hydrogen-bond donors (Lipinski definition) is 0. The molecule has 5 nitrogen and oxygen atoms in total. The topological polar surface area (TPSA) is 52.6 Å². The molecule has 0 saturated carbocycles. The van der Waals surface area contributed by atoms with Crippen molar-refractivity contribution in [3.8, 4) is 0 Å². The van der Waals surface area contributed by atoms with E-state index in [1.807, 2.05) is 14.1 Å². The van der Waals surface area contributed by atoms with Gasteiger partial charge >= 0.3 is 5.97 Å². The van der Waals surface area contributed by atoms with E-state index in [0.29, 0.717) is 19.8 Å². The van der Waals surface area contributed by atoms with Crippen molar-refractivity contribution in [2.24, 2.45) is 5.92 Å². The molecule has 0 aliphatic rings. The Morgan fingerprint density at radius 2 is 1.71 bits per heavy atom. The lowest BCUT2D eigenvalue weighted by molar-refractivity contribution is -0.890. The van der Waals surface area contributed by atoms with E-state index >= 15 is 0 Å². The van der Waals surface area contributed by atoms with Crippen molar-refractivity contribution >= 4 is 11.8 Å². The van der Waals surface area contributed by atoms with Crippen molar-refractivity contribution in [2.75, 3.05) is 47.5 Å². The molecule has 0 saturated heterocycles. The number of ketones is 1. The first-order valence-corrected chi connectivity index (χ1v) is 5.78. The number of methoxy groups -OCH3 is 1. The molecule has 0 aromatic heterocycles. The van der Waals surface area contributed by atoms with Crippen LogP contribution in [-0.2, 0) is 19.1 Å². The third-order valence-electron chi connectivity index (χ3n) is 2.81. The molecule has 0 N–H and O–H groups in total. The van der Waals surface area contributed by atoms with Gasteiger partial charge in [-0.25, -0.2) is 0 Å². The van der Waals surface area contributed by atoms with Gasteiger partial charge in [-0.15, -0.1) is 0 Å². The van der Waals surface area contributed by atoms with Gasteiger partial charge in [0, 0.05) is 7.11 Å². The number of ether oxygens (including phenoxy) is 2. The van der Waals surface area contributed by atoms with Crippen LogP contribution in [0, 0.1) is 5.92 Å². The summed E-state index contributed by atoms with van der Waals surface area (Å²) >= 11 is 0. The van der Waals surface area contributed by atoms with E-state index in [4.69, 9.17) is 9.47 Å². The number of hydrogen-bond acceptors (Lipinski definition) is 4. The predicted octanol–water partition coefficient (Wildman–Crippen LogP) is 0.477. The van der Waals surface area contributed by atoms with Crippen LogP contribution in [0.25, 0.3) is 0 Å². The number of quaternary nitrogens is 1. The second-order valence-corrected chi connectivity index (χ2v) is 4.88. The summed E-state index contributed by atoms with van der Waals surface area (Å²) in [4.78, 5) is 22.4. The van der Waals surface area contributed by atoms with Crippen molar-refractivity contribution in [3.63, 3.8) is 0 Å². The zero-order chi connectivity index (χ0) is 13.5. The summed E-state index contributed by atoms with van der Waals surface area (Å²) in [5.41, 5.74) is 0. The van der Waals surface area contributed by atoms with Crippen LogP contribution in [0.15, 0.2) is 0 Å². The molecule has 0 aliphatic heterocycles. The van der Waals surface area contributed by atoms with Crippen LogP contribution in [0.3, 0.4) is 0 Å². The number of likely N-dealkylation sites (N-methyl/N-ethyl adjacent to an activating group) is 1. The molecule has 0 heterocycles. The lowest BCUT2D eigenvalue weighted by Gasteiger charge is -2.29. The maximum absolute atomic E-state index is 11.4. The van der Waals surface area contributed by atoms with Crippen molar-refractivity contribution in [1.82, 2.24) is 0 Å². The molecule has 17 heavy (non-hydrogen) atoms. The molecule has 5 heteroatoms. The van der Waals surface area contributed by atoms with Gasteiger partial charge in [-0.1, -0.05) is 0 Å². The lowest BCUT2D eigenvalue weighted by atomic mass is 10.1. The van der Waals surface area contributed by atoms with Gasteiger partial charge in [0.05, 0.1) is 20.7 Å². The van der Waals surface area contributed by atoms with Crippen molar-refractivity contribution in [2.45, 2.75) is 13.8 Å². The van der Waals surface area contributed by atoms with Crippen molar-refractivity contribution < 1.29 is 23.5 Å². The van der Waals surface area contributed by atoms with Gasteiger partial charge in [0.2, 0.25) is 0 Å². The Balaban J connectivity index is 3.90. The summed E-state index contributed by atoms with van der Waals surface area (Å²) in [6, 6.07) is 0. The lowest BCUT2D eigenvalue weighted by Crippen LogP contribution is -2.45. The average Bonchev–Trinajstić information content (AvgIpc) is 2.24. The Morgan fingerprint density at radius 3 is 2.18 bits per heavy atom. The highest BCUT2D eigenvalue weighted by Gasteiger charge is 2.21. The van der Waals surface area contributed by atoms with Crippen molar-refractivity contribution in [1.29, 1.82) is 0 Å². The Hall–Kier alpha value is -0.940. The Morgan fingerprint density at radius 1 is 1.18 bits per heavy atom. The smallest absolute Gasteiger partial charge is 0.316 e. The normalized spacial score (nSPS) is 13.2. The highest BCUT2D eigenvalue weighted by molar-refractivity contribution is 5.97. The van der Waals surface area contributed by atoms with Crippen LogP contribution in [-0.4, -0.2) is 63.7 Å². The molecule has 0 aliphatic carbocycles. The molecule has 0 amide bonds. The molecule has 0 bridgehead atoms. The van der Waals surface area contributed by atoms with Crippen LogP contribution in [0.1, 0.15) is 13.8 Å². The third-order valence-corrected chi connectivity index (χ3v) is 2.81. The number of carbonyl (C=O) groups is 2. The first-order valence-electron chi connectivity index (χ1n) is 5.78. The maximum Gasteiger partial charge on any atom is 0.316 e. The Labute approximate surface area is 103 Å². The van der Waals surface area contributed by atoms with Gasteiger partial charge in [0.15, 0.2) is 0 Å². The van der Waals surface area contributed by atoms with E-state index in [0.717, 1.165) is 11.0 Å². The number of nitrogens with zero attached hydrogens (tertiary/aromatic N) is 1. The second-order valence-electron chi connectivity index (χ2n) is 4.88. The Bertz CT molecular complexity index is 263. The molecule has 1 atom stereocenters. The summed E-state index contributed by atoms with van der Waals surface area (Å²) in [6.45, 7) is 5.52. The standard InChI is InChI=1S/C12H24NO4/c1-10(11(2)14)12(15)17-9-7-13(3,4)6-8-16-5/h10H,6-9H2,1-5H3/q+1. The molecule has 0 aromatic rings. The second kappa shape index (κ2) is 7.40. The first-order chi connectivity index (χ1) is 7.80. The van der Waals surface area contributed by atoms with Gasteiger partial charge in [-0.3, -0.25) is 9.59 Å². The molecule has 0 spiro atoms. The van der Waals surface area contributed by atoms with E-state index in [9.17, 15) is 9.59 Å². The van der Waals surface area contributed by atoms with Crippen LogP contribution < -0.4 is 0 Å². The fourth-order valence-electron chi connectivity index (χ4n) is 1.13. The summed E-state index contributed by atoms with van der Waals surface area (Å²) in [7, 11) is 5.75. The van der Waals surface area contributed by atoms with Gasteiger partial charge in [-0.05, 0) is 13.8 Å². The summed E-state index contributed by atoms with van der Waals surface area (Å²) in [6.07, 6.45) is 0. The average molecular weight is 246 g/mol. The minimum absolute atomic E-state index is 0.164. The highest BCUT2D eigenvalue weighted by Crippen LogP contribution is 2.02. The van der Waals surface area contributed by atoms with E-state index in [-0.39, 0.29) is 5.78 Å². The van der Waals surface area contributed by atoms with Crippen LogP contribution in [0.5, 0.6) is 0 Å². The molecule has 0 rings (SSSR count). The van der Waals surface area contributed by atoms with E-state index in [1.54, 1.807) is 14.0 Å². The SMILES string of the molecule is COCC[N+](C)(C)CCOC(=O)C(C)C(C)=O. The number of rotatable bonds is 8. The minimum atomic E-state index is -0.662. The predicted molar refractivity (Wildman–Crippen MR) is 64.5 cm³/mol. The van der Waals surface area contributed by atoms with Crippen LogP contribution in [0.2, 0.25) is 0 Å². The first kappa shape index (κ1) is 16.1. The zero-order valence-corrected chi connectivity index (χ0v) is 11.5. The van der Waals surface area contributed by atoms with Gasteiger partial charge in [0.1, 0.15) is 31.4 Å². The number of Topliss-reactive ketones (excluding diaryl/α,β-unsaturated/α-hetero) is 1. The maximum atomic E-state index is 11.4. The molecule has 100 valence electrons. The van der Waals surface area contributed by atoms with Crippen LogP contribution >= 0.6 is 0 Å². The van der Waals surface area contributed by atoms with Gasteiger partial charge in [-0.2, -0.15) is 0 Å².